The fourth-order valence-corrected chi connectivity index (χ4v) is 5.68. The summed E-state index contributed by atoms with van der Waals surface area (Å²) < 4.78 is 39.5. The molecule has 0 saturated carbocycles. The SMILES string of the molecule is COC(=O)c1cc(C(=O)OC)cc(S(=O)(=O)OP(C)(C)(C)C)c1. The Labute approximate surface area is 136 Å². The Morgan fingerprint density at radius 1 is 0.870 bits per heavy atom. The van der Waals surface area contributed by atoms with Crippen molar-refractivity contribution in [2.45, 2.75) is 4.90 Å². The second-order valence-electron chi connectivity index (χ2n) is 6.67. The van der Waals surface area contributed by atoms with E-state index in [4.69, 9.17) is 3.97 Å². The van der Waals surface area contributed by atoms with Crippen LogP contribution in [0.3, 0.4) is 0 Å². The molecule has 0 atom stereocenters. The number of ether oxygens (including phenoxy) is 2. The molecule has 1 rings (SSSR count). The Kier molecular flexibility index (Phi) is 5.26. The van der Waals surface area contributed by atoms with Gasteiger partial charge in [0, 0.05) is 0 Å². The van der Waals surface area contributed by atoms with Crippen LogP contribution in [0.1, 0.15) is 20.7 Å². The van der Waals surface area contributed by atoms with Gasteiger partial charge in [-0.3, -0.25) is 0 Å². The molecular formula is C14H21O7PS. The van der Waals surface area contributed by atoms with Gasteiger partial charge < -0.3 is 0 Å². The van der Waals surface area contributed by atoms with Gasteiger partial charge in [0.25, 0.3) is 0 Å². The first-order chi connectivity index (χ1) is 10.2. The molecular weight excluding hydrogens is 343 g/mol. The summed E-state index contributed by atoms with van der Waals surface area (Å²) in [5, 5.41) is 0. The van der Waals surface area contributed by atoms with E-state index in [0.717, 1.165) is 26.4 Å². The van der Waals surface area contributed by atoms with E-state index in [-0.39, 0.29) is 16.0 Å². The van der Waals surface area contributed by atoms with Crippen LogP contribution in [0.5, 0.6) is 0 Å². The van der Waals surface area contributed by atoms with Crippen LogP contribution in [0.25, 0.3) is 0 Å². The molecule has 1 aromatic carbocycles. The van der Waals surface area contributed by atoms with E-state index in [1.165, 1.54) is 6.07 Å². The van der Waals surface area contributed by atoms with Crippen LogP contribution in [-0.2, 0) is 23.6 Å². The zero-order valence-corrected chi connectivity index (χ0v) is 15.7. The zero-order valence-electron chi connectivity index (χ0n) is 13.9. The predicted octanol–water partition coefficient (Wildman–Crippen LogP) is 1.95. The third-order valence-corrected chi connectivity index (χ3v) is 6.42. The first-order valence-electron chi connectivity index (χ1n) is 6.54. The maximum absolute atomic E-state index is 12.5. The van der Waals surface area contributed by atoms with Gasteiger partial charge in [0.15, 0.2) is 0 Å². The van der Waals surface area contributed by atoms with Crippen molar-refractivity contribution in [3.05, 3.63) is 29.3 Å². The van der Waals surface area contributed by atoms with Gasteiger partial charge in [0.2, 0.25) is 0 Å². The summed E-state index contributed by atoms with van der Waals surface area (Å²) in [5.74, 6) is -1.55. The second-order valence-corrected chi connectivity index (χ2v) is 15.5. The van der Waals surface area contributed by atoms with E-state index < -0.39 is 28.9 Å². The van der Waals surface area contributed by atoms with Crippen LogP contribution in [0.15, 0.2) is 23.1 Å². The molecule has 0 bridgehead atoms. The van der Waals surface area contributed by atoms with Crippen LogP contribution >= 0.6 is 6.83 Å². The number of hydrogen-bond acceptors (Lipinski definition) is 7. The van der Waals surface area contributed by atoms with Gasteiger partial charge >= 0.3 is 135 Å². The molecule has 0 unspecified atom stereocenters. The van der Waals surface area contributed by atoms with Crippen molar-refractivity contribution >= 4 is 28.9 Å². The number of esters is 2. The van der Waals surface area contributed by atoms with E-state index >= 15 is 0 Å². The topological polar surface area (TPSA) is 96.0 Å². The summed E-state index contributed by atoms with van der Waals surface area (Å²) in [6.45, 7) is 4.00. The van der Waals surface area contributed by atoms with Gasteiger partial charge in [-0.25, -0.2) is 0 Å². The van der Waals surface area contributed by atoms with E-state index in [0.29, 0.717) is 0 Å². The number of rotatable bonds is 5. The summed E-state index contributed by atoms with van der Waals surface area (Å²) in [6.07, 6.45) is 0. The molecule has 0 fully saturated rings. The minimum absolute atomic E-state index is 0.0858. The van der Waals surface area contributed by atoms with E-state index in [1.807, 2.05) is 0 Å². The molecule has 0 aliphatic rings. The summed E-state index contributed by atoms with van der Waals surface area (Å²) in [6, 6.07) is 3.41. The number of hydrogen-bond donors (Lipinski definition) is 0. The van der Waals surface area contributed by atoms with Gasteiger partial charge in [-0.1, -0.05) is 0 Å². The third kappa shape index (κ3) is 5.57. The van der Waals surface area contributed by atoms with Gasteiger partial charge in [-0.15, -0.1) is 0 Å². The molecule has 0 N–H and O–H groups in total. The predicted molar refractivity (Wildman–Crippen MR) is 88.0 cm³/mol. The second kappa shape index (κ2) is 6.19. The van der Waals surface area contributed by atoms with Crippen LogP contribution in [0.4, 0.5) is 0 Å². The molecule has 7 nitrogen and oxygen atoms in total. The Morgan fingerprint density at radius 2 is 1.26 bits per heavy atom. The molecule has 130 valence electrons. The molecule has 9 heteroatoms. The van der Waals surface area contributed by atoms with Crippen LogP contribution < -0.4 is 0 Å². The molecule has 0 aliphatic carbocycles. The molecule has 0 saturated heterocycles. The fourth-order valence-electron chi connectivity index (χ4n) is 1.65. The molecule has 0 aromatic heterocycles. The van der Waals surface area contributed by atoms with Gasteiger partial charge in [-0.05, 0) is 0 Å². The minimum atomic E-state index is -4.16. The molecule has 0 aliphatic heterocycles. The van der Waals surface area contributed by atoms with Crippen LogP contribution in [0, 0.1) is 0 Å². The Balaban J connectivity index is 3.52. The van der Waals surface area contributed by atoms with Crippen molar-refractivity contribution in [3.8, 4) is 0 Å². The normalized spacial score (nSPS) is 13.7. The molecule has 1 aromatic rings. The van der Waals surface area contributed by atoms with Crippen molar-refractivity contribution in [1.29, 1.82) is 0 Å². The van der Waals surface area contributed by atoms with Gasteiger partial charge in [0.1, 0.15) is 0 Å². The average Bonchev–Trinajstić information content (AvgIpc) is 2.41. The Hall–Kier alpha value is -1.50. The first-order valence-corrected chi connectivity index (χ1v) is 11.9. The Morgan fingerprint density at radius 3 is 1.57 bits per heavy atom. The van der Waals surface area contributed by atoms with E-state index in [1.54, 1.807) is 26.7 Å². The van der Waals surface area contributed by atoms with Gasteiger partial charge in [0.05, 0.1) is 0 Å². The first kappa shape index (κ1) is 19.5. The van der Waals surface area contributed by atoms with Crippen molar-refractivity contribution in [2.24, 2.45) is 0 Å². The summed E-state index contributed by atoms with van der Waals surface area (Å²) in [5.41, 5.74) is -0.172. The molecule has 23 heavy (non-hydrogen) atoms. The Bertz CT molecular complexity index is 701. The molecule has 0 amide bonds. The van der Waals surface area contributed by atoms with Crippen LogP contribution in [-0.4, -0.2) is 61.2 Å². The van der Waals surface area contributed by atoms with Crippen LogP contribution in [0.2, 0.25) is 0 Å². The van der Waals surface area contributed by atoms with E-state index in [9.17, 15) is 18.0 Å². The van der Waals surface area contributed by atoms with Gasteiger partial charge in [-0.2, -0.15) is 0 Å². The van der Waals surface area contributed by atoms with Crippen molar-refractivity contribution < 1.29 is 31.5 Å². The number of methoxy groups -OCH3 is 2. The third-order valence-electron chi connectivity index (χ3n) is 2.43. The fraction of sp³-hybridized carbons (Fsp3) is 0.429. The van der Waals surface area contributed by atoms with E-state index in [2.05, 4.69) is 9.47 Å². The molecule has 0 radical (unpaired) electrons. The number of benzene rings is 1. The molecule has 0 heterocycles. The van der Waals surface area contributed by atoms with Crippen molar-refractivity contribution in [3.63, 3.8) is 0 Å². The van der Waals surface area contributed by atoms with Crippen molar-refractivity contribution in [1.82, 2.24) is 0 Å². The average molecular weight is 364 g/mol. The monoisotopic (exact) mass is 364 g/mol. The molecule has 0 spiro atoms. The summed E-state index contributed by atoms with van der Waals surface area (Å²) in [4.78, 5) is 23.1. The zero-order chi connectivity index (χ0) is 18.1. The maximum atomic E-state index is 12.5. The number of carbonyl (C=O) groups is 2. The standard InChI is InChI=1S/C14H21O7PS/c1-19-13(15)10-7-11(14(16)20-2)9-12(8-10)23(17,18)21-22(3,4,5)6/h7-9H,1-6H3. The summed E-state index contributed by atoms with van der Waals surface area (Å²) >= 11 is 0. The summed E-state index contributed by atoms with van der Waals surface area (Å²) in [7, 11) is -1.86. The number of carbonyl (C=O) groups excluding carboxylic acids is 2. The quantitative estimate of drug-likeness (QED) is 0.582. The van der Waals surface area contributed by atoms with Crippen molar-refractivity contribution in [2.75, 3.05) is 40.9 Å².